The van der Waals surface area contributed by atoms with E-state index >= 15 is 0 Å². The number of rotatable bonds is 8. The van der Waals surface area contributed by atoms with Gasteiger partial charge < -0.3 is 14.9 Å². The van der Waals surface area contributed by atoms with Gasteiger partial charge in [-0.3, -0.25) is 23.7 Å². The van der Waals surface area contributed by atoms with Gasteiger partial charge in [0.15, 0.2) is 5.78 Å². The number of benzene rings is 2. The summed E-state index contributed by atoms with van der Waals surface area (Å²) in [6.07, 6.45) is -4.02. The van der Waals surface area contributed by atoms with E-state index in [1.807, 2.05) is 6.07 Å². The molecule has 0 radical (unpaired) electrons. The molecule has 4 rings (SSSR count). The first-order chi connectivity index (χ1) is 18.4. The number of carbonyl (C=O) groups is 3. The quantitative estimate of drug-likeness (QED) is 0.463. The van der Waals surface area contributed by atoms with Crippen LogP contribution in [0.2, 0.25) is 0 Å². The van der Waals surface area contributed by atoms with Crippen LogP contribution in [0, 0.1) is 0 Å². The molecule has 2 heterocycles. The largest absolute Gasteiger partial charge is 0.481 e. The van der Waals surface area contributed by atoms with Crippen LogP contribution in [0.3, 0.4) is 0 Å². The van der Waals surface area contributed by atoms with Crippen molar-refractivity contribution in [2.45, 2.75) is 38.4 Å². The summed E-state index contributed by atoms with van der Waals surface area (Å²) in [5.74, 6) is -2.51. The van der Waals surface area contributed by atoms with Gasteiger partial charge in [-0.1, -0.05) is 12.1 Å². The van der Waals surface area contributed by atoms with E-state index in [4.69, 9.17) is 0 Å². The topological polar surface area (TPSA) is 113 Å². The van der Waals surface area contributed by atoms with Gasteiger partial charge in [-0.25, -0.2) is 4.98 Å². The highest BCUT2D eigenvalue weighted by Crippen LogP contribution is 2.32. The Hall–Kier alpha value is -4.22. The highest BCUT2D eigenvalue weighted by molar-refractivity contribution is 5.83. The number of Topliss-reactive ketones (excluding diaryl/α,β-unsaturated/α-hetero) is 1. The molecule has 206 valence electrons. The highest BCUT2D eigenvalue weighted by atomic mass is 19.4. The molecule has 2 aromatic carbocycles. The Bertz CT molecular complexity index is 1440. The molecule has 3 aromatic rings. The predicted molar refractivity (Wildman–Crippen MR) is 137 cm³/mol. The van der Waals surface area contributed by atoms with Crippen LogP contribution in [0.4, 0.5) is 18.9 Å². The fourth-order valence-electron chi connectivity index (χ4n) is 4.73. The fourth-order valence-corrected chi connectivity index (χ4v) is 4.73. The van der Waals surface area contributed by atoms with Crippen molar-refractivity contribution in [3.05, 3.63) is 70.3 Å². The maximum absolute atomic E-state index is 13.2. The van der Waals surface area contributed by atoms with E-state index in [1.165, 1.54) is 25.4 Å². The van der Waals surface area contributed by atoms with Crippen LogP contribution in [0.15, 0.2) is 53.6 Å². The van der Waals surface area contributed by atoms with Crippen LogP contribution in [-0.2, 0) is 27.1 Å². The molecule has 0 saturated carbocycles. The summed E-state index contributed by atoms with van der Waals surface area (Å²) in [5.41, 5.74) is 0.209. The summed E-state index contributed by atoms with van der Waals surface area (Å²) in [4.78, 5) is 57.2. The molecular formula is C27H27F3N4O5. The van der Waals surface area contributed by atoms with E-state index in [9.17, 15) is 37.5 Å². The zero-order valence-electron chi connectivity index (χ0n) is 21.1. The molecule has 12 heteroatoms. The van der Waals surface area contributed by atoms with E-state index in [0.717, 1.165) is 22.4 Å². The average Bonchev–Trinajstić information content (AvgIpc) is 2.89. The molecule has 1 amide bonds. The van der Waals surface area contributed by atoms with Crippen LogP contribution in [0.5, 0.6) is 0 Å². The van der Waals surface area contributed by atoms with Gasteiger partial charge in [0.25, 0.3) is 5.56 Å². The number of amides is 1. The number of aliphatic carboxylic acids is 1. The minimum absolute atomic E-state index is 0.00818. The normalized spacial score (nSPS) is 14.9. The number of nitrogens with zero attached hydrogens (tertiary/aromatic N) is 4. The number of anilines is 1. The van der Waals surface area contributed by atoms with Gasteiger partial charge in [0.2, 0.25) is 5.91 Å². The number of alkyl halides is 3. The Kier molecular flexibility index (Phi) is 8.03. The molecule has 1 N–H and O–H groups in total. The van der Waals surface area contributed by atoms with Crippen LogP contribution in [0.25, 0.3) is 10.9 Å². The van der Waals surface area contributed by atoms with E-state index < -0.39 is 41.4 Å². The van der Waals surface area contributed by atoms with Gasteiger partial charge in [-0.2, -0.15) is 13.2 Å². The van der Waals surface area contributed by atoms with Crippen molar-refractivity contribution in [2.24, 2.45) is 0 Å². The number of carboxylic acid groups (broad SMARTS) is 1. The van der Waals surface area contributed by atoms with Crippen molar-refractivity contribution in [3.63, 3.8) is 0 Å². The molecule has 39 heavy (non-hydrogen) atoms. The SMILES string of the molecule is CC(=O)N1CCN(c2ccc3ncn(CC(=O)CC(CC(=O)O)c4ccc(C(F)(F)F)cc4)c(=O)c3c2)CC1. The predicted octanol–water partition coefficient (Wildman–Crippen LogP) is 3.30. The van der Waals surface area contributed by atoms with Crippen LogP contribution in [0.1, 0.15) is 36.8 Å². The van der Waals surface area contributed by atoms with Gasteiger partial charge in [-0.15, -0.1) is 0 Å². The molecule has 9 nitrogen and oxygen atoms in total. The van der Waals surface area contributed by atoms with Gasteiger partial charge >= 0.3 is 12.1 Å². The smallest absolute Gasteiger partial charge is 0.416 e. The minimum Gasteiger partial charge on any atom is -0.481 e. The lowest BCUT2D eigenvalue weighted by Gasteiger charge is -2.35. The number of carboxylic acids is 1. The number of halogens is 3. The lowest BCUT2D eigenvalue weighted by molar-refractivity contribution is -0.138. The van der Waals surface area contributed by atoms with E-state index in [2.05, 4.69) is 9.88 Å². The highest BCUT2D eigenvalue weighted by Gasteiger charge is 2.30. The van der Waals surface area contributed by atoms with Crippen molar-refractivity contribution in [1.29, 1.82) is 0 Å². The third kappa shape index (κ3) is 6.62. The zero-order chi connectivity index (χ0) is 28.3. The summed E-state index contributed by atoms with van der Waals surface area (Å²) in [6, 6.07) is 9.30. The lowest BCUT2D eigenvalue weighted by atomic mass is 9.90. The third-order valence-corrected chi connectivity index (χ3v) is 6.85. The van der Waals surface area contributed by atoms with Crippen molar-refractivity contribution < 1.29 is 32.7 Å². The molecule has 1 unspecified atom stereocenters. The number of hydrogen-bond donors (Lipinski definition) is 1. The monoisotopic (exact) mass is 544 g/mol. The maximum atomic E-state index is 13.2. The van der Waals surface area contributed by atoms with Gasteiger partial charge in [0, 0.05) is 51.1 Å². The second-order valence-corrected chi connectivity index (χ2v) is 9.53. The molecule has 1 aromatic heterocycles. The van der Waals surface area contributed by atoms with E-state index in [1.54, 1.807) is 17.0 Å². The molecule has 1 aliphatic rings. The number of hydrogen-bond acceptors (Lipinski definition) is 6. The van der Waals surface area contributed by atoms with Gasteiger partial charge in [0.05, 0.1) is 35.8 Å². The Morgan fingerprint density at radius 3 is 2.26 bits per heavy atom. The molecular weight excluding hydrogens is 517 g/mol. The summed E-state index contributed by atoms with van der Waals surface area (Å²) in [6.45, 7) is 3.50. The lowest BCUT2D eigenvalue weighted by Crippen LogP contribution is -2.48. The Morgan fingerprint density at radius 2 is 1.67 bits per heavy atom. The second-order valence-electron chi connectivity index (χ2n) is 9.53. The third-order valence-electron chi connectivity index (χ3n) is 6.85. The number of piperazine rings is 1. The summed E-state index contributed by atoms with van der Waals surface area (Å²) in [7, 11) is 0. The summed E-state index contributed by atoms with van der Waals surface area (Å²) in [5, 5.41) is 9.60. The van der Waals surface area contributed by atoms with Gasteiger partial charge in [0.1, 0.15) is 0 Å². The molecule has 1 atom stereocenters. The molecule has 1 aliphatic heterocycles. The van der Waals surface area contributed by atoms with E-state index in [-0.39, 0.29) is 24.4 Å². The maximum Gasteiger partial charge on any atom is 0.416 e. The van der Waals surface area contributed by atoms with Crippen LogP contribution < -0.4 is 10.5 Å². The number of fused-ring (bicyclic) bond motifs is 1. The van der Waals surface area contributed by atoms with Crippen molar-refractivity contribution in [1.82, 2.24) is 14.5 Å². The van der Waals surface area contributed by atoms with Crippen molar-refractivity contribution in [3.8, 4) is 0 Å². The van der Waals surface area contributed by atoms with Crippen molar-refractivity contribution in [2.75, 3.05) is 31.1 Å². The molecule has 1 saturated heterocycles. The molecule has 0 aliphatic carbocycles. The average molecular weight is 545 g/mol. The molecule has 0 bridgehead atoms. The number of aromatic nitrogens is 2. The van der Waals surface area contributed by atoms with Crippen molar-refractivity contribution >= 4 is 34.3 Å². The minimum atomic E-state index is -4.54. The first kappa shape index (κ1) is 27.8. The van der Waals surface area contributed by atoms with E-state index in [0.29, 0.717) is 37.1 Å². The van der Waals surface area contributed by atoms with Crippen LogP contribution >= 0.6 is 0 Å². The molecule has 1 fully saturated rings. The Balaban J connectivity index is 1.51. The van der Waals surface area contributed by atoms with Gasteiger partial charge in [-0.05, 0) is 35.9 Å². The zero-order valence-corrected chi connectivity index (χ0v) is 21.1. The standard InChI is InChI=1S/C27H27F3N4O5/c1-17(35)32-8-10-33(11-9-32)21-6-7-24-23(14-21)26(39)34(16-31-24)15-22(36)12-19(13-25(37)38)18-2-4-20(5-3-18)27(28,29)30/h2-7,14,16,19H,8-13,15H2,1H3,(H,37,38). The summed E-state index contributed by atoms with van der Waals surface area (Å²) < 4.78 is 39.9. The number of ketones is 1. The first-order valence-corrected chi connectivity index (χ1v) is 12.3. The molecule has 0 spiro atoms. The Labute approximate surface area is 221 Å². The Morgan fingerprint density at radius 1 is 1.00 bits per heavy atom. The number of carbonyl (C=O) groups excluding carboxylic acids is 2. The summed E-state index contributed by atoms with van der Waals surface area (Å²) >= 11 is 0. The first-order valence-electron chi connectivity index (χ1n) is 12.3. The second kappa shape index (κ2) is 11.3. The fraction of sp³-hybridized carbons (Fsp3) is 0.370. The van der Waals surface area contributed by atoms with Crippen LogP contribution in [-0.4, -0.2) is 63.4 Å².